The number of para-hydroxylation sites is 1. The quantitative estimate of drug-likeness (QED) is 0.612. The average Bonchev–Trinajstić information content (AvgIpc) is 3.09. The van der Waals surface area contributed by atoms with Crippen LogP contribution in [0.25, 0.3) is 11.0 Å². The summed E-state index contributed by atoms with van der Waals surface area (Å²) in [5.41, 5.74) is 5.15. The van der Waals surface area contributed by atoms with E-state index in [1.165, 1.54) is 5.69 Å². The Labute approximate surface area is 183 Å². The molecule has 1 atom stereocenters. The third kappa shape index (κ3) is 4.26. The molecule has 1 fully saturated rings. The molecule has 0 amide bonds. The maximum atomic E-state index is 12.9. The number of likely N-dealkylation sites (N-methyl/N-ethyl adjacent to an activating group) is 1. The Kier molecular flexibility index (Phi) is 5.55. The third-order valence-corrected chi connectivity index (χ3v) is 6.61. The zero-order chi connectivity index (χ0) is 21.2. The Morgan fingerprint density at radius 1 is 1.06 bits per heavy atom. The highest BCUT2D eigenvalue weighted by atomic mass is 16.1. The molecule has 2 aromatic carbocycles. The summed E-state index contributed by atoms with van der Waals surface area (Å²) in [6.07, 6.45) is 7.82. The highest BCUT2D eigenvalue weighted by molar-refractivity contribution is 5.90. The van der Waals surface area contributed by atoms with E-state index in [-0.39, 0.29) is 5.69 Å². The Morgan fingerprint density at radius 3 is 2.61 bits per heavy atom. The number of nitrogens with one attached hydrogen (secondary N) is 2. The van der Waals surface area contributed by atoms with E-state index < -0.39 is 0 Å². The summed E-state index contributed by atoms with van der Waals surface area (Å²) < 4.78 is 1.95. The van der Waals surface area contributed by atoms with Gasteiger partial charge in [-0.2, -0.15) is 0 Å². The molecule has 162 valence electrons. The lowest BCUT2D eigenvalue weighted by Gasteiger charge is -2.35. The molecule has 6 heteroatoms. The number of aromatic nitrogens is 2. The van der Waals surface area contributed by atoms with Crippen LogP contribution in [0.5, 0.6) is 0 Å². The van der Waals surface area contributed by atoms with Crippen LogP contribution >= 0.6 is 0 Å². The van der Waals surface area contributed by atoms with Crippen LogP contribution in [0.1, 0.15) is 19.3 Å². The van der Waals surface area contributed by atoms with E-state index in [1.54, 1.807) is 0 Å². The van der Waals surface area contributed by atoms with Gasteiger partial charge in [0.05, 0.1) is 22.4 Å². The summed E-state index contributed by atoms with van der Waals surface area (Å²) in [5.74, 6) is 0.524. The number of fused-ring (bicyclic) bond motifs is 1. The van der Waals surface area contributed by atoms with E-state index in [9.17, 15) is 4.79 Å². The van der Waals surface area contributed by atoms with Crippen molar-refractivity contribution in [3.05, 3.63) is 65.1 Å². The summed E-state index contributed by atoms with van der Waals surface area (Å²) in [4.78, 5) is 20.8. The zero-order valence-electron chi connectivity index (χ0n) is 18.2. The molecule has 0 bridgehead atoms. The van der Waals surface area contributed by atoms with Crippen LogP contribution in [0.3, 0.4) is 0 Å². The number of allylic oxidation sites excluding steroid dienone is 2. The van der Waals surface area contributed by atoms with E-state index in [1.807, 2.05) is 22.8 Å². The SMILES string of the molecule is CN1CCN(c2cc3c(cc2Nc2ccccc2)[nH]c(=O)n3CC2CC=CCC2)CC1. The van der Waals surface area contributed by atoms with Gasteiger partial charge in [-0.05, 0) is 56.5 Å². The van der Waals surface area contributed by atoms with Gasteiger partial charge in [-0.15, -0.1) is 0 Å². The number of H-pyrrole nitrogens is 1. The maximum Gasteiger partial charge on any atom is 0.326 e. The molecule has 31 heavy (non-hydrogen) atoms. The minimum atomic E-state index is -0.00857. The van der Waals surface area contributed by atoms with Crippen molar-refractivity contribution < 1.29 is 0 Å². The molecule has 1 aliphatic carbocycles. The van der Waals surface area contributed by atoms with Crippen LogP contribution in [0.15, 0.2) is 59.4 Å². The molecule has 2 aliphatic rings. The molecule has 3 aromatic rings. The number of anilines is 3. The van der Waals surface area contributed by atoms with E-state index in [0.29, 0.717) is 5.92 Å². The van der Waals surface area contributed by atoms with Crippen LogP contribution in [-0.4, -0.2) is 47.7 Å². The number of nitrogens with zero attached hydrogens (tertiary/aromatic N) is 3. The Hall–Kier alpha value is -2.99. The third-order valence-electron chi connectivity index (χ3n) is 6.61. The lowest BCUT2D eigenvalue weighted by atomic mass is 9.94. The summed E-state index contributed by atoms with van der Waals surface area (Å²) in [6.45, 7) is 4.81. The van der Waals surface area contributed by atoms with E-state index >= 15 is 0 Å². The molecule has 0 spiro atoms. The van der Waals surface area contributed by atoms with Gasteiger partial charge >= 0.3 is 5.69 Å². The second kappa shape index (κ2) is 8.63. The van der Waals surface area contributed by atoms with E-state index in [0.717, 1.165) is 74.4 Å². The van der Waals surface area contributed by atoms with Gasteiger partial charge in [0, 0.05) is 38.4 Å². The molecule has 1 unspecified atom stereocenters. The number of hydrogen-bond donors (Lipinski definition) is 2. The van der Waals surface area contributed by atoms with Crippen molar-refractivity contribution >= 4 is 28.1 Å². The first-order valence-corrected chi connectivity index (χ1v) is 11.3. The Morgan fingerprint density at radius 2 is 1.87 bits per heavy atom. The van der Waals surface area contributed by atoms with Gasteiger partial charge in [0.25, 0.3) is 0 Å². The van der Waals surface area contributed by atoms with Gasteiger partial charge in [0.1, 0.15) is 0 Å². The highest BCUT2D eigenvalue weighted by Gasteiger charge is 2.21. The average molecular weight is 418 g/mol. The molecule has 6 nitrogen and oxygen atoms in total. The fourth-order valence-corrected chi connectivity index (χ4v) is 4.74. The van der Waals surface area contributed by atoms with Crippen molar-refractivity contribution in [3.63, 3.8) is 0 Å². The smallest absolute Gasteiger partial charge is 0.326 e. The lowest BCUT2D eigenvalue weighted by Crippen LogP contribution is -2.44. The first kappa shape index (κ1) is 19.9. The first-order valence-electron chi connectivity index (χ1n) is 11.3. The van der Waals surface area contributed by atoms with Crippen molar-refractivity contribution in [3.8, 4) is 0 Å². The number of rotatable bonds is 5. The van der Waals surface area contributed by atoms with Crippen LogP contribution in [0.2, 0.25) is 0 Å². The molecular weight excluding hydrogens is 386 g/mol. The molecule has 1 aliphatic heterocycles. The summed E-state index contributed by atoms with van der Waals surface area (Å²) in [7, 11) is 2.17. The maximum absolute atomic E-state index is 12.9. The minimum absolute atomic E-state index is 0.00857. The molecular formula is C25H31N5O. The van der Waals surface area contributed by atoms with Crippen molar-refractivity contribution in [2.45, 2.75) is 25.8 Å². The molecule has 0 radical (unpaired) electrons. The summed E-state index contributed by atoms with van der Waals surface area (Å²) in [5, 5.41) is 3.59. The van der Waals surface area contributed by atoms with Crippen molar-refractivity contribution in [2.75, 3.05) is 43.4 Å². The highest BCUT2D eigenvalue weighted by Crippen LogP contribution is 2.34. The summed E-state index contributed by atoms with van der Waals surface area (Å²) >= 11 is 0. The normalized spacial score (nSPS) is 19.8. The van der Waals surface area contributed by atoms with Crippen LogP contribution in [0.4, 0.5) is 17.1 Å². The largest absolute Gasteiger partial charge is 0.367 e. The molecule has 2 heterocycles. The van der Waals surface area contributed by atoms with Crippen LogP contribution < -0.4 is 15.9 Å². The minimum Gasteiger partial charge on any atom is -0.367 e. The van der Waals surface area contributed by atoms with Gasteiger partial charge in [0.2, 0.25) is 0 Å². The number of benzene rings is 2. The molecule has 1 aromatic heterocycles. The number of aromatic amines is 1. The second-order valence-electron chi connectivity index (χ2n) is 8.86. The standard InChI is InChI=1S/C25H31N5O/c1-28-12-14-29(15-13-28)23-17-24-22(16-21(23)26-20-10-6-3-7-11-20)27-25(31)30(24)18-19-8-4-2-5-9-19/h2-4,6-7,10-11,16-17,19,26H,5,8-9,12-15,18H2,1H3,(H,27,31). The van der Waals surface area contributed by atoms with Gasteiger partial charge in [-0.1, -0.05) is 30.4 Å². The lowest BCUT2D eigenvalue weighted by molar-refractivity contribution is 0.313. The number of piperazine rings is 1. The topological polar surface area (TPSA) is 56.3 Å². The van der Waals surface area contributed by atoms with Gasteiger partial charge in [0.15, 0.2) is 0 Å². The molecule has 2 N–H and O–H groups in total. The van der Waals surface area contributed by atoms with Gasteiger partial charge in [-0.3, -0.25) is 4.57 Å². The Balaban J connectivity index is 1.55. The molecule has 5 rings (SSSR count). The van der Waals surface area contributed by atoms with Crippen LogP contribution in [-0.2, 0) is 6.54 Å². The van der Waals surface area contributed by atoms with Gasteiger partial charge in [-0.25, -0.2) is 4.79 Å². The summed E-state index contributed by atoms with van der Waals surface area (Å²) in [6, 6.07) is 14.6. The van der Waals surface area contributed by atoms with Crippen molar-refractivity contribution in [1.82, 2.24) is 14.5 Å². The molecule has 0 saturated carbocycles. The predicted octanol–water partition coefficient (Wildman–Crippen LogP) is 4.18. The predicted molar refractivity (Wildman–Crippen MR) is 128 cm³/mol. The van der Waals surface area contributed by atoms with Crippen LogP contribution in [0, 0.1) is 5.92 Å². The monoisotopic (exact) mass is 417 g/mol. The zero-order valence-corrected chi connectivity index (χ0v) is 18.2. The van der Waals surface area contributed by atoms with E-state index in [2.05, 4.69) is 63.6 Å². The number of hydrogen-bond acceptors (Lipinski definition) is 4. The first-order chi connectivity index (χ1) is 15.2. The Bertz CT molecular complexity index is 1120. The van der Waals surface area contributed by atoms with Crippen molar-refractivity contribution in [2.24, 2.45) is 5.92 Å². The number of imidazole rings is 1. The fraction of sp³-hybridized carbons (Fsp3) is 0.400. The van der Waals surface area contributed by atoms with Crippen molar-refractivity contribution in [1.29, 1.82) is 0 Å². The molecule has 1 saturated heterocycles. The van der Waals surface area contributed by atoms with Gasteiger partial charge < -0.3 is 20.1 Å². The van der Waals surface area contributed by atoms with E-state index in [4.69, 9.17) is 0 Å². The fourth-order valence-electron chi connectivity index (χ4n) is 4.74. The second-order valence-corrected chi connectivity index (χ2v) is 8.86.